The van der Waals surface area contributed by atoms with Crippen LogP contribution in [0.4, 0.5) is 18.9 Å². The third-order valence-corrected chi connectivity index (χ3v) is 11.5. The molecule has 14 nitrogen and oxygen atoms in total. The van der Waals surface area contributed by atoms with E-state index < -0.39 is 74.5 Å². The Morgan fingerprint density at radius 1 is 0.930 bits per heavy atom. The summed E-state index contributed by atoms with van der Waals surface area (Å²) in [6.07, 6.45) is -3.32. The number of hydrogen-bond acceptors (Lipinski definition) is 9. The van der Waals surface area contributed by atoms with E-state index in [0.717, 1.165) is 24.3 Å². The predicted octanol–water partition coefficient (Wildman–Crippen LogP) is 4.18. The number of ether oxygens (including phenoxy) is 1. The minimum atomic E-state index is -5.14. The molecular weight excluding hydrogens is 770 g/mol. The molecule has 1 aromatic rings. The van der Waals surface area contributed by atoms with Crippen LogP contribution >= 0.6 is 0 Å². The zero-order valence-electron chi connectivity index (χ0n) is 35.3. The molecule has 1 aliphatic heterocycles. The van der Waals surface area contributed by atoms with E-state index >= 15 is 0 Å². The number of hydrogen-bond donors (Lipinski definition) is 3. The number of likely N-dealkylation sites (tertiary alicyclic amines) is 1. The lowest BCUT2D eigenvalue weighted by molar-refractivity contribution is -0.167. The van der Waals surface area contributed by atoms with Gasteiger partial charge in [0.05, 0.1) is 35.0 Å². The molecule has 1 aliphatic rings. The standard InChI is InChI=1S/C39H61F3N6O8S/c1-22(2)29(47(12)36(52)32(38(7,8)9)44-34(50)30(23(3)4)46(10)11)21-24(5)35(51)48-20-14-15-28(48)31(56-13)25(6)33(49)45-57(54,55)27-18-16-26(17-19-27)43-37(53)39(40,41)42/h16-19,21-23,25,28-32H,14-15,20H2,1-13H3,(H,43,53)(H,44,50)(H,45,49)/b24-21+/t25-,28+,29-,30?,31-,32-/m1/s1. The van der Waals surface area contributed by atoms with Gasteiger partial charge in [0.25, 0.3) is 10.0 Å². The van der Waals surface area contributed by atoms with Crippen molar-refractivity contribution in [1.82, 2.24) is 24.7 Å². The second-order valence-corrected chi connectivity index (χ2v) is 18.3. The molecule has 57 heavy (non-hydrogen) atoms. The average molecular weight is 831 g/mol. The number of methoxy groups -OCH3 is 1. The fraction of sp³-hybridized carbons (Fsp3) is 0.667. The van der Waals surface area contributed by atoms with Crippen LogP contribution in [0, 0.1) is 23.2 Å². The normalized spacial score (nSPS) is 18.2. The van der Waals surface area contributed by atoms with Crippen molar-refractivity contribution in [3.8, 4) is 0 Å². The number of rotatable bonds is 16. The number of anilines is 1. The first-order valence-corrected chi connectivity index (χ1v) is 20.4. The van der Waals surface area contributed by atoms with Crippen LogP contribution in [-0.2, 0) is 38.7 Å². The van der Waals surface area contributed by atoms with E-state index in [0.29, 0.717) is 25.0 Å². The number of amides is 5. The van der Waals surface area contributed by atoms with Gasteiger partial charge in [-0.05, 0) is 75.4 Å². The first-order valence-electron chi connectivity index (χ1n) is 18.9. The van der Waals surface area contributed by atoms with E-state index in [2.05, 4.69) is 5.32 Å². The Hall–Kier alpha value is -4.03. The molecule has 322 valence electrons. The van der Waals surface area contributed by atoms with Gasteiger partial charge in [0.1, 0.15) is 6.04 Å². The Balaban J connectivity index is 2.29. The highest BCUT2D eigenvalue weighted by atomic mass is 32.2. The Bertz CT molecular complexity index is 1730. The molecule has 0 radical (unpaired) electrons. The van der Waals surface area contributed by atoms with Gasteiger partial charge in [0.2, 0.25) is 23.6 Å². The quantitative estimate of drug-likeness (QED) is 0.207. The van der Waals surface area contributed by atoms with Crippen molar-refractivity contribution >= 4 is 45.2 Å². The fourth-order valence-electron chi connectivity index (χ4n) is 7.10. The number of alkyl halides is 3. The second-order valence-electron chi connectivity index (χ2n) is 16.6. The van der Waals surface area contributed by atoms with Crippen molar-refractivity contribution < 1.29 is 50.3 Å². The fourth-order valence-corrected chi connectivity index (χ4v) is 8.16. The predicted molar refractivity (Wildman–Crippen MR) is 210 cm³/mol. The second kappa shape index (κ2) is 19.6. The number of carbonyl (C=O) groups is 5. The zero-order chi connectivity index (χ0) is 44.0. The molecule has 3 N–H and O–H groups in total. The maximum Gasteiger partial charge on any atom is 0.471 e. The van der Waals surface area contributed by atoms with Crippen molar-refractivity contribution in [2.75, 3.05) is 40.1 Å². The molecule has 5 amide bonds. The molecule has 1 fully saturated rings. The van der Waals surface area contributed by atoms with Gasteiger partial charge >= 0.3 is 12.1 Å². The van der Waals surface area contributed by atoms with Crippen LogP contribution in [0.5, 0.6) is 0 Å². The van der Waals surface area contributed by atoms with Crippen LogP contribution in [0.3, 0.4) is 0 Å². The van der Waals surface area contributed by atoms with E-state index in [1.165, 1.54) is 14.0 Å². The molecule has 1 heterocycles. The maximum atomic E-state index is 14.2. The van der Waals surface area contributed by atoms with Gasteiger partial charge in [-0.2, -0.15) is 13.2 Å². The first-order chi connectivity index (χ1) is 26.1. The van der Waals surface area contributed by atoms with Crippen LogP contribution in [-0.4, -0.2) is 124 Å². The first kappa shape index (κ1) is 49.1. The topological polar surface area (TPSA) is 175 Å². The summed E-state index contributed by atoms with van der Waals surface area (Å²) in [5, 5.41) is 4.61. The molecular formula is C39H61F3N6O8S. The van der Waals surface area contributed by atoms with Gasteiger partial charge in [0, 0.05) is 32.0 Å². The van der Waals surface area contributed by atoms with E-state index in [1.54, 1.807) is 35.2 Å². The number of nitrogens with zero attached hydrogens (tertiary/aromatic N) is 3. The summed E-state index contributed by atoms with van der Waals surface area (Å²) in [7, 11) is 2.12. The molecule has 2 rings (SSSR count). The lowest BCUT2D eigenvalue weighted by Crippen LogP contribution is -2.59. The monoisotopic (exact) mass is 830 g/mol. The third kappa shape index (κ3) is 12.7. The highest BCUT2D eigenvalue weighted by Crippen LogP contribution is 2.30. The highest BCUT2D eigenvalue weighted by molar-refractivity contribution is 7.90. The van der Waals surface area contributed by atoms with Crippen molar-refractivity contribution in [2.45, 2.75) is 116 Å². The minimum Gasteiger partial charge on any atom is -0.378 e. The smallest absolute Gasteiger partial charge is 0.378 e. The summed E-state index contributed by atoms with van der Waals surface area (Å²) in [6, 6.07) is 1.30. The third-order valence-electron chi connectivity index (χ3n) is 10.1. The summed E-state index contributed by atoms with van der Waals surface area (Å²) in [5.74, 6) is -5.33. The summed E-state index contributed by atoms with van der Waals surface area (Å²) < 4.78 is 71.6. The summed E-state index contributed by atoms with van der Waals surface area (Å²) in [6.45, 7) is 16.8. The molecule has 1 unspecified atom stereocenters. The van der Waals surface area contributed by atoms with Crippen molar-refractivity contribution in [1.29, 1.82) is 0 Å². The number of likely N-dealkylation sites (N-methyl/N-ethyl adjacent to an activating group) is 2. The zero-order valence-corrected chi connectivity index (χ0v) is 36.1. The van der Waals surface area contributed by atoms with E-state index in [1.807, 2.05) is 72.2 Å². The number of halogens is 3. The minimum absolute atomic E-state index is 0.00795. The molecule has 0 aliphatic carbocycles. The Morgan fingerprint density at radius 2 is 1.49 bits per heavy atom. The van der Waals surface area contributed by atoms with Gasteiger partial charge < -0.3 is 25.2 Å². The molecule has 1 aromatic carbocycles. The maximum absolute atomic E-state index is 14.2. The Kier molecular flexibility index (Phi) is 16.9. The molecule has 0 aromatic heterocycles. The van der Waals surface area contributed by atoms with Crippen molar-refractivity contribution in [2.24, 2.45) is 23.2 Å². The summed E-state index contributed by atoms with van der Waals surface area (Å²) >= 11 is 0. The average Bonchev–Trinajstić information content (AvgIpc) is 3.56. The van der Waals surface area contributed by atoms with Crippen LogP contribution < -0.4 is 15.4 Å². The van der Waals surface area contributed by atoms with Crippen LogP contribution in [0.1, 0.15) is 75.2 Å². The van der Waals surface area contributed by atoms with Crippen LogP contribution in [0.2, 0.25) is 0 Å². The van der Waals surface area contributed by atoms with E-state index in [4.69, 9.17) is 4.74 Å². The lowest BCUT2D eigenvalue weighted by atomic mass is 9.84. The number of benzene rings is 1. The number of sulfonamides is 1. The molecule has 0 spiro atoms. The van der Waals surface area contributed by atoms with E-state index in [9.17, 15) is 45.6 Å². The number of carbonyl (C=O) groups excluding carboxylic acids is 5. The Morgan fingerprint density at radius 3 is 1.95 bits per heavy atom. The van der Waals surface area contributed by atoms with Crippen LogP contribution in [0.15, 0.2) is 40.8 Å². The van der Waals surface area contributed by atoms with Gasteiger partial charge in [-0.3, -0.25) is 28.9 Å². The Labute approximate surface area is 335 Å². The lowest BCUT2D eigenvalue weighted by Gasteiger charge is -2.39. The largest absolute Gasteiger partial charge is 0.471 e. The molecule has 1 saturated heterocycles. The van der Waals surface area contributed by atoms with E-state index in [-0.39, 0.29) is 35.2 Å². The molecule has 6 atom stereocenters. The summed E-state index contributed by atoms with van der Waals surface area (Å²) in [4.78, 5) is 70.7. The van der Waals surface area contributed by atoms with Gasteiger partial charge in [-0.15, -0.1) is 0 Å². The molecule has 18 heteroatoms. The summed E-state index contributed by atoms with van der Waals surface area (Å²) in [5.41, 5.74) is -0.607. The highest BCUT2D eigenvalue weighted by Gasteiger charge is 2.43. The van der Waals surface area contributed by atoms with Gasteiger partial charge in [-0.25, -0.2) is 13.1 Å². The van der Waals surface area contributed by atoms with Crippen LogP contribution in [0.25, 0.3) is 0 Å². The van der Waals surface area contributed by atoms with Crippen molar-refractivity contribution in [3.63, 3.8) is 0 Å². The van der Waals surface area contributed by atoms with Crippen molar-refractivity contribution in [3.05, 3.63) is 35.9 Å². The molecule has 0 saturated carbocycles. The molecule has 0 bridgehead atoms. The SMILES string of the molecule is CO[C@H]([C@@H](C)C(=O)NS(=O)(=O)c1ccc(NC(=O)C(F)(F)F)cc1)[C@@H]1CCCN1C(=O)/C(C)=C/[C@H](C(C)C)N(C)C(=O)[C@@H](NC(=O)C(C(C)C)N(C)C)C(C)(C)C. The van der Waals surface area contributed by atoms with Gasteiger partial charge in [-0.1, -0.05) is 61.5 Å². The number of nitrogens with one attached hydrogen (secondary N) is 3. The van der Waals surface area contributed by atoms with Gasteiger partial charge in [0.15, 0.2) is 0 Å².